The second-order valence-corrected chi connectivity index (χ2v) is 4.91. The zero-order valence-corrected chi connectivity index (χ0v) is 10.7. The lowest BCUT2D eigenvalue weighted by Crippen LogP contribution is -2.26. The van der Waals surface area contributed by atoms with Gasteiger partial charge in [0.2, 0.25) is 0 Å². The Kier molecular flexibility index (Phi) is 3.94. The van der Waals surface area contributed by atoms with Gasteiger partial charge in [0.1, 0.15) is 0 Å². The van der Waals surface area contributed by atoms with Crippen LogP contribution in [0.15, 0.2) is 10.9 Å². The highest BCUT2D eigenvalue weighted by molar-refractivity contribution is 5.06. The maximum Gasteiger partial charge on any atom is 0.347 e. The third-order valence-corrected chi connectivity index (χ3v) is 3.17. The summed E-state index contributed by atoms with van der Waals surface area (Å²) in [6, 6.07) is 2.74. The standard InChI is InChI=1S/C13H21N3O/c1-10-9-11(2)16(13(17)15-10)8-4-3-7-14-12-5-6-12/h9,12,14H,3-8H2,1-2H3. The first kappa shape index (κ1) is 12.3. The predicted molar refractivity (Wildman–Crippen MR) is 68.2 cm³/mol. The molecule has 1 aliphatic carbocycles. The predicted octanol–water partition coefficient (Wildman–Crippen LogP) is 1.39. The number of nitrogens with zero attached hydrogens (tertiary/aromatic N) is 2. The summed E-state index contributed by atoms with van der Waals surface area (Å²) in [5, 5.41) is 3.48. The Labute approximate surface area is 102 Å². The number of rotatable bonds is 6. The number of aryl methyl sites for hydroxylation is 2. The van der Waals surface area contributed by atoms with Crippen molar-refractivity contribution in [1.82, 2.24) is 14.9 Å². The average molecular weight is 235 g/mol. The van der Waals surface area contributed by atoms with Gasteiger partial charge in [-0.25, -0.2) is 4.79 Å². The molecule has 2 rings (SSSR count). The number of hydrogen-bond acceptors (Lipinski definition) is 3. The van der Waals surface area contributed by atoms with Gasteiger partial charge >= 0.3 is 5.69 Å². The van der Waals surface area contributed by atoms with Crippen LogP contribution in [0.1, 0.15) is 37.1 Å². The van der Waals surface area contributed by atoms with Crippen molar-refractivity contribution in [2.75, 3.05) is 6.54 Å². The van der Waals surface area contributed by atoms with Gasteiger partial charge < -0.3 is 5.32 Å². The number of aromatic nitrogens is 2. The fraction of sp³-hybridized carbons (Fsp3) is 0.692. The van der Waals surface area contributed by atoms with Crippen molar-refractivity contribution in [2.24, 2.45) is 0 Å². The fourth-order valence-electron chi connectivity index (χ4n) is 2.04. The van der Waals surface area contributed by atoms with Gasteiger partial charge in [-0.1, -0.05) is 0 Å². The van der Waals surface area contributed by atoms with Gasteiger partial charge in [-0.15, -0.1) is 0 Å². The van der Waals surface area contributed by atoms with Crippen LogP contribution in [0.5, 0.6) is 0 Å². The monoisotopic (exact) mass is 235 g/mol. The van der Waals surface area contributed by atoms with Crippen molar-refractivity contribution < 1.29 is 0 Å². The van der Waals surface area contributed by atoms with E-state index in [1.165, 1.54) is 12.8 Å². The molecular weight excluding hydrogens is 214 g/mol. The summed E-state index contributed by atoms with van der Waals surface area (Å²) in [7, 11) is 0. The fourth-order valence-corrected chi connectivity index (χ4v) is 2.04. The van der Waals surface area contributed by atoms with Gasteiger partial charge in [0, 0.05) is 24.0 Å². The Bertz CT molecular complexity index is 435. The molecule has 94 valence electrons. The van der Waals surface area contributed by atoms with Crippen LogP contribution in [0.3, 0.4) is 0 Å². The first-order valence-corrected chi connectivity index (χ1v) is 6.45. The van der Waals surface area contributed by atoms with Crippen molar-refractivity contribution in [2.45, 2.75) is 52.1 Å². The van der Waals surface area contributed by atoms with Gasteiger partial charge in [-0.05, 0) is 52.1 Å². The van der Waals surface area contributed by atoms with E-state index in [1.54, 1.807) is 4.57 Å². The molecule has 0 atom stereocenters. The molecule has 0 bridgehead atoms. The molecule has 1 aliphatic rings. The smallest absolute Gasteiger partial charge is 0.314 e. The second kappa shape index (κ2) is 5.45. The van der Waals surface area contributed by atoms with Crippen LogP contribution >= 0.6 is 0 Å². The second-order valence-electron chi connectivity index (χ2n) is 4.91. The lowest BCUT2D eigenvalue weighted by molar-refractivity contribution is 0.542. The van der Waals surface area contributed by atoms with E-state index in [9.17, 15) is 4.79 Å². The quantitative estimate of drug-likeness (QED) is 0.758. The van der Waals surface area contributed by atoms with Crippen LogP contribution in [0.4, 0.5) is 0 Å². The van der Waals surface area contributed by atoms with E-state index < -0.39 is 0 Å². The van der Waals surface area contributed by atoms with Gasteiger partial charge in [0.05, 0.1) is 0 Å². The molecule has 1 heterocycles. The van der Waals surface area contributed by atoms with E-state index in [0.717, 1.165) is 43.4 Å². The Morgan fingerprint density at radius 2 is 2.18 bits per heavy atom. The molecule has 0 amide bonds. The molecule has 0 aliphatic heterocycles. The van der Waals surface area contributed by atoms with Crippen molar-refractivity contribution in [3.63, 3.8) is 0 Å². The summed E-state index contributed by atoms with van der Waals surface area (Å²) < 4.78 is 1.77. The molecular formula is C13H21N3O. The van der Waals surface area contributed by atoms with Crippen molar-refractivity contribution in [3.8, 4) is 0 Å². The molecule has 1 aromatic heterocycles. The number of unbranched alkanes of at least 4 members (excludes halogenated alkanes) is 1. The maximum absolute atomic E-state index is 11.7. The van der Waals surface area contributed by atoms with Crippen molar-refractivity contribution >= 4 is 0 Å². The summed E-state index contributed by atoms with van der Waals surface area (Å²) in [5.41, 5.74) is 1.70. The molecule has 0 unspecified atom stereocenters. The summed E-state index contributed by atoms with van der Waals surface area (Å²) in [4.78, 5) is 15.6. The van der Waals surface area contributed by atoms with E-state index in [4.69, 9.17) is 0 Å². The average Bonchev–Trinajstić information content (AvgIpc) is 3.04. The van der Waals surface area contributed by atoms with Crippen molar-refractivity contribution in [1.29, 1.82) is 0 Å². The van der Waals surface area contributed by atoms with Crippen LogP contribution in [-0.2, 0) is 6.54 Å². The van der Waals surface area contributed by atoms with E-state index in [2.05, 4.69) is 10.3 Å². The molecule has 4 heteroatoms. The van der Waals surface area contributed by atoms with Gasteiger partial charge in [0.15, 0.2) is 0 Å². The SMILES string of the molecule is Cc1cc(C)n(CCCCNC2CC2)c(=O)n1. The van der Waals surface area contributed by atoms with Gasteiger partial charge in [-0.2, -0.15) is 4.98 Å². The number of hydrogen-bond donors (Lipinski definition) is 1. The minimum atomic E-state index is -0.113. The molecule has 4 nitrogen and oxygen atoms in total. The zero-order chi connectivity index (χ0) is 12.3. The largest absolute Gasteiger partial charge is 0.347 e. The topological polar surface area (TPSA) is 46.9 Å². The van der Waals surface area contributed by atoms with E-state index in [0.29, 0.717) is 0 Å². The summed E-state index contributed by atoms with van der Waals surface area (Å²) in [5.74, 6) is 0. The molecule has 1 saturated carbocycles. The molecule has 0 saturated heterocycles. The lowest BCUT2D eigenvalue weighted by atomic mass is 10.3. The highest BCUT2D eigenvalue weighted by atomic mass is 16.1. The first-order valence-electron chi connectivity index (χ1n) is 6.45. The Morgan fingerprint density at radius 1 is 1.41 bits per heavy atom. The van der Waals surface area contributed by atoms with Crippen LogP contribution in [-0.4, -0.2) is 22.1 Å². The normalized spacial score (nSPS) is 15.2. The third-order valence-electron chi connectivity index (χ3n) is 3.17. The molecule has 1 fully saturated rings. The minimum Gasteiger partial charge on any atom is -0.314 e. The van der Waals surface area contributed by atoms with Crippen LogP contribution in [0.25, 0.3) is 0 Å². The number of nitrogens with one attached hydrogen (secondary N) is 1. The maximum atomic E-state index is 11.7. The molecule has 0 spiro atoms. The van der Waals surface area contributed by atoms with Crippen LogP contribution in [0, 0.1) is 13.8 Å². The Balaban J connectivity index is 1.79. The molecule has 0 aromatic carbocycles. The van der Waals surface area contributed by atoms with E-state index in [1.807, 2.05) is 19.9 Å². The highest BCUT2D eigenvalue weighted by Crippen LogP contribution is 2.18. The van der Waals surface area contributed by atoms with E-state index >= 15 is 0 Å². The molecule has 17 heavy (non-hydrogen) atoms. The summed E-state index contributed by atoms with van der Waals surface area (Å²) in [6.45, 7) is 5.68. The van der Waals surface area contributed by atoms with Crippen LogP contribution < -0.4 is 11.0 Å². The van der Waals surface area contributed by atoms with Crippen LogP contribution in [0.2, 0.25) is 0 Å². The summed E-state index contributed by atoms with van der Waals surface area (Å²) >= 11 is 0. The van der Waals surface area contributed by atoms with Crippen molar-refractivity contribution in [3.05, 3.63) is 27.9 Å². The highest BCUT2D eigenvalue weighted by Gasteiger charge is 2.19. The van der Waals surface area contributed by atoms with Gasteiger partial charge in [0.25, 0.3) is 0 Å². The Hall–Kier alpha value is -1.16. The van der Waals surface area contributed by atoms with E-state index in [-0.39, 0.29) is 5.69 Å². The molecule has 0 radical (unpaired) electrons. The lowest BCUT2D eigenvalue weighted by Gasteiger charge is -2.09. The Morgan fingerprint density at radius 3 is 2.82 bits per heavy atom. The minimum absolute atomic E-state index is 0.113. The molecule has 1 N–H and O–H groups in total. The summed E-state index contributed by atoms with van der Waals surface area (Å²) in [6.07, 6.45) is 4.82. The van der Waals surface area contributed by atoms with Gasteiger partial charge in [-0.3, -0.25) is 4.57 Å². The third kappa shape index (κ3) is 3.66. The zero-order valence-electron chi connectivity index (χ0n) is 10.7. The first-order chi connectivity index (χ1) is 8.16. The molecule has 1 aromatic rings.